The van der Waals surface area contributed by atoms with E-state index >= 15 is 0 Å². The number of carbonyl (C=O) groups is 1. The number of benzene rings is 2. The van der Waals surface area contributed by atoms with E-state index < -0.39 is 0 Å². The number of hydrogen-bond donors (Lipinski definition) is 0. The molecule has 0 fully saturated rings. The third kappa shape index (κ3) is 4.81. The van der Waals surface area contributed by atoms with Crippen LogP contribution in [0.2, 0.25) is 0 Å². The Morgan fingerprint density at radius 1 is 0.952 bits per heavy atom. The number of carbonyl (C=O) groups excluding carboxylic acids is 1. The fraction of sp³-hybridized carbons (Fsp3) is 0.211. The smallest absolute Gasteiger partial charge is 0.308 e. The summed E-state index contributed by atoms with van der Waals surface area (Å²) in [5.41, 5.74) is 3.23. The molecule has 2 aromatic rings. The van der Waals surface area contributed by atoms with Gasteiger partial charge in [-0.25, -0.2) is 0 Å². The number of aryl methyl sites for hydroxylation is 1. The lowest BCUT2D eigenvalue weighted by atomic mass is 10.1. The Balaban J connectivity index is 2.06. The van der Waals surface area contributed by atoms with Crippen LogP contribution in [0.1, 0.15) is 37.0 Å². The van der Waals surface area contributed by atoms with E-state index in [-0.39, 0.29) is 5.97 Å². The van der Waals surface area contributed by atoms with E-state index in [1.54, 1.807) is 12.1 Å². The maximum absolute atomic E-state index is 10.8. The molecule has 2 rings (SSSR count). The molecule has 0 radical (unpaired) electrons. The first-order valence-electron chi connectivity index (χ1n) is 7.07. The first-order valence-corrected chi connectivity index (χ1v) is 7.07. The minimum Gasteiger partial charge on any atom is -0.427 e. The quantitative estimate of drug-likeness (QED) is 0.482. The van der Waals surface area contributed by atoms with E-state index in [9.17, 15) is 4.79 Å². The summed E-state index contributed by atoms with van der Waals surface area (Å²) >= 11 is 0. The Morgan fingerprint density at radius 3 is 1.95 bits per heavy atom. The van der Waals surface area contributed by atoms with Gasteiger partial charge in [-0.05, 0) is 48.4 Å². The summed E-state index contributed by atoms with van der Waals surface area (Å²) in [6.07, 6.45) is 2.25. The van der Waals surface area contributed by atoms with Crippen molar-refractivity contribution < 1.29 is 9.53 Å². The monoisotopic (exact) mass is 278 g/mol. The average Bonchev–Trinajstić information content (AvgIpc) is 2.48. The molecular weight excluding hydrogens is 260 g/mol. The van der Waals surface area contributed by atoms with Crippen molar-refractivity contribution in [3.63, 3.8) is 0 Å². The fourth-order valence-electron chi connectivity index (χ4n) is 1.96. The van der Waals surface area contributed by atoms with Gasteiger partial charge < -0.3 is 4.74 Å². The van der Waals surface area contributed by atoms with Crippen molar-refractivity contribution in [1.82, 2.24) is 0 Å². The molecule has 2 heteroatoms. The second-order valence-corrected chi connectivity index (χ2v) is 4.81. The molecule has 0 aliphatic heterocycles. The number of esters is 1. The minimum atomic E-state index is -0.319. The van der Waals surface area contributed by atoms with E-state index in [0.29, 0.717) is 5.75 Å². The van der Waals surface area contributed by atoms with E-state index in [0.717, 1.165) is 24.0 Å². The third-order valence-corrected chi connectivity index (χ3v) is 2.96. The Labute approximate surface area is 125 Å². The highest BCUT2D eigenvalue weighted by Gasteiger charge is 1.96. The predicted molar refractivity (Wildman–Crippen MR) is 84.2 cm³/mol. The molecule has 0 aromatic heterocycles. The van der Waals surface area contributed by atoms with Crippen LogP contribution in [0, 0.1) is 11.8 Å². The summed E-state index contributed by atoms with van der Waals surface area (Å²) in [4.78, 5) is 10.8. The molecule has 0 unspecified atom stereocenters. The summed E-state index contributed by atoms with van der Waals surface area (Å²) in [7, 11) is 0. The summed E-state index contributed by atoms with van der Waals surface area (Å²) in [5.74, 6) is 6.46. The first-order chi connectivity index (χ1) is 10.2. The van der Waals surface area contributed by atoms with Crippen LogP contribution in [0.25, 0.3) is 0 Å². The Bertz CT molecular complexity index is 655. The highest BCUT2D eigenvalue weighted by Crippen LogP contribution is 2.12. The lowest BCUT2D eigenvalue weighted by Crippen LogP contribution is -2.00. The van der Waals surface area contributed by atoms with E-state index in [2.05, 4.69) is 30.9 Å². The zero-order valence-corrected chi connectivity index (χ0v) is 12.3. The van der Waals surface area contributed by atoms with Crippen LogP contribution < -0.4 is 4.74 Å². The second-order valence-electron chi connectivity index (χ2n) is 4.81. The minimum absolute atomic E-state index is 0.319. The van der Waals surface area contributed by atoms with Gasteiger partial charge in [0.15, 0.2) is 0 Å². The van der Waals surface area contributed by atoms with Crippen LogP contribution in [0.15, 0.2) is 48.5 Å². The summed E-state index contributed by atoms with van der Waals surface area (Å²) in [6, 6.07) is 15.5. The molecule has 0 heterocycles. The number of ether oxygens (including phenoxy) is 1. The molecule has 0 bridgehead atoms. The zero-order chi connectivity index (χ0) is 15.1. The van der Waals surface area contributed by atoms with Gasteiger partial charge >= 0.3 is 5.97 Å². The molecule has 0 amide bonds. The molecule has 21 heavy (non-hydrogen) atoms. The molecule has 0 saturated heterocycles. The van der Waals surface area contributed by atoms with Gasteiger partial charge in [0, 0.05) is 18.1 Å². The van der Waals surface area contributed by atoms with Crippen molar-refractivity contribution in [1.29, 1.82) is 0 Å². The summed E-state index contributed by atoms with van der Waals surface area (Å²) in [5, 5.41) is 0. The van der Waals surface area contributed by atoms with Gasteiger partial charge in [0.1, 0.15) is 5.75 Å². The van der Waals surface area contributed by atoms with E-state index in [1.807, 2.05) is 24.3 Å². The topological polar surface area (TPSA) is 26.3 Å². The summed E-state index contributed by atoms with van der Waals surface area (Å²) < 4.78 is 4.98. The Morgan fingerprint density at radius 2 is 1.48 bits per heavy atom. The standard InChI is InChI=1S/C19H18O2/c1-3-4-16-5-7-17(8-6-16)9-10-18-11-13-19(14-12-18)21-15(2)20/h5-8,11-14H,3-4H2,1-2H3. The van der Waals surface area contributed by atoms with Crippen molar-refractivity contribution in [3.8, 4) is 17.6 Å². The van der Waals surface area contributed by atoms with Crippen LogP contribution in [-0.4, -0.2) is 5.97 Å². The van der Waals surface area contributed by atoms with Crippen molar-refractivity contribution in [2.75, 3.05) is 0 Å². The SMILES string of the molecule is CCCc1ccc(C#Cc2ccc(OC(C)=O)cc2)cc1. The fourth-order valence-corrected chi connectivity index (χ4v) is 1.96. The first kappa shape index (κ1) is 14.9. The lowest BCUT2D eigenvalue weighted by Gasteiger charge is -2.00. The largest absolute Gasteiger partial charge is 0.427 e. The molecule has 2 nitrogen and oxygen atoms in total. The van der Waals surface area contributed by atoms with Crippen LogP contribution in [-0.2, 0) is 11.2 Å². The third-order valence-electron chi connectivity index (χ3n) is 2.96. The van der Waals surface area contributed by atoms with Gasteiger partial charge in [-0.1, -0.05) is 37.3 Å². The van der Waals surface area contributed by atoms with Crippen LogP contribution in [0.4, 0.5) is 0 Å². The molecule has 0 aliphatic rings. The number of rotatable bonds is 3. The van der Waals surface area contributed by atoms with Gasteiger partial charge in [-0.3, -0.25) is 4.79 Å². The second kappa shape index (κ2) is 7.31. The van der Waals surface area contributed by atoms with E-state index in [1.165, 1.54) is 12.5 Å². The van der Waals surface area contributed by atoms with Crippen LogP contribution in [0.5, 0.6) is 5.75 Å². The molecule has 106 valence electrons. The van der Waals surface area contributed by atoms with Gasteiger partial charge in [-0.2, -0.15) is 0 Å². The molecule has 0 saturated carbocycles. The maximum atomic E-state index is 10.8. The maximum Gasteiger partial charge on any atom is 0.308 e. The normalized spacial score (nSPS) is 9.62. The van der Waals surface area contributed by atoms with Crippen molar-refractivity contribution >= 4 is 5.97 Å². The van der Waals surface area contributed by atoms with Crippen molar-refractivity contribution in [2.45, 2.75) is 26.7 Å². The zero-order valence-electron chi connectivity index (χ0n) is 12.3. The highest BCUT2D eigenvalue weighted by molar-refractivity contribution is 5.69. The molecule has 0 aliphatic carbocycles. The highest BCUT2D eigenvalue weighted by atomic mass is 16.5. The molecule has 0 spiro atoms. The molecular formula is C19H18O2. The van der Waals surface area contributed by atoms with Crippen molar-refractivity contribution in [2.24, 2.45) is 0 Å². The lowest BCUT2D eigenvalue weighted by molar-refractivity contribution is -0.131. The molecule has 2 aromatic carbocycles. The van der Waals surface area contributed by atoms with Crippen molar-refractivity contribution in [3.05, 3.63) is 65.2 Å². The predicted octanol–water partition coefficient (Wildman–Crippen LogP) is 3.96. The van der Waals surface area contributed by atoms with Gasteiger partial charge in [0.25, 0.3) is 0 Å². The average molecular weight is 278 g/mol. The van der Waals surface area contributed by atoms with Gasteiger partial charge in [0.05, 0.1) is 0 Å². The van der Waals surface area contributed by atoms with E-state index in [4.69, 9.17) is 4.74 Å². The van der Waals surface area contributed by atoms with Gasteiger partial charge in [-0.15, -0.1) is 0 Å². The van der Waals surface area contributed by atoms with Gasteiger partial charge in [0.2, 0.25) is 0 Å². The summed E-state index contributed by atoms with van der Waals surface area (Å²) in [6.45, 7) is 3.56. The number of hydrogen-bond acceptors (Lipinski definition) is 2. The molecule has 0 N–H and O–H groups in total. The van der Waals surface area contributed by atoms with Crippen LogP contribution >= 0.6 is 0 Å². The molecule has 0 atom stereocenters. The Kier molecular flexibility index (Phi) is 5.17. The Hall–Kier alpha value is -2.53. The van der Waals surface area contributed by atoms with Crippen LogP contribution in [0.3, 0.4) is 0 Å².